The van der Waals surface area contributed by atoms with Gasteiger partial charge in [0, 0.05) is 0 Å². The Morgan fingerprint density at radius 1 is 1.33 bits per heavy atom. The summed E-state index contributed by atoms with van der Waals surface area (Å²) in [6.07, 6.45) is 0.548. The first-order valence-corrected chi connectivity index (χ1v) is 4.24. The van der Waals surface area contributed by atoms with E-state index in [9.17, 15) is 0 Å². The summed E-state index contributed by atoms with van der Waals surface area (Å²) in [5.74, 6) is 0. The van der Waals surface area contributed by atoms with Crippen LogP contribution in [-0.4, -0.2) is 55.1 Å². The molecule has 0 aromatic carbocycles. The van der Waals surface area contributed by atoms with Gasteiger partial charge in [0.2, 0.25) is 0 Å². The fraction of sp³-hybridized carbons (Fsp3) is 1.00. The highest BCUT2D eigenvalue weighted by Crippen LogP contribution is 2.02. The molecule has 12 heavy (non-hydrogen) atoms. The van der Waals surface area contributed by atoms with E-state index >= 15 is 0 Å². The molecule has 4 heteroatoms. The van der Waals surface area contributed by atoms with Crippen LogP contribution >= 0.6 is 0 Å². The van der Waals surface area contributed by atoms with Crippen LogP contribution in [0.2, 0.25) is 0 Å². The van der Waals surface area contributed by atoms with Gasteiger partial charge in [-0.1, -0.05) is 0 Å². The fourth-order valence-electron chi connectivity index (χ4n) is 0.956. The Bertz CT molecular complexity index is 107. The second kappa shape index (κ2) is 5.48. The molecular weight excluding hydrogens is 154 g/mol. The summed E-state index contributed by atoms with van der Waals surface area (Å²) >= 11 is 0. The molecule has 0 saturated carbocycles. The molecular formula is C8H21N3O. The maximum Gasteiger partial charge on any atom is 0.0966 e. The number of aliphatic hydroxyl groups is 1. The Morgan fingerprint density at radius 3 is 2.17 bits per heavy atom. The van der Waals surface area contributed by atoms with Crippen molar-refractivity contribution in [2.24, 2.45) is 0 Å². The van der Waals surface area contributed by atoms with Crippen molar-refractivity contribution in [1.82, 2.24) is 15.1 Å². The zero-order chi connectivity index (χ0) is 9.72. The van der Waals surface area contributed by atoms with Gasteiger partial charge in [0.05, 0.1) is 19.1 Å². The van der Waals surface area contributed by atoms with Crippen molar-refractivity contribution >= 4 is 0 Å². The molecule has 0 amide bonds. The zero-order valence-corrected chi connectivity index (χ0v) is 8.70. The second-order valence-corrected chi connectivity index (χ2v) is 3.16. The van der Waals surface area contributed by atoms with Crippen molar-refractivity contribution in [2.45, 2.75) is 26.2 Å². The van der Waals surface area contributed by atoms with E-state index < -0.39 is 0 Å². The van der Waals surface area contributed by atoms with E-state index in [-0.39, 0.29) is 12.9 Å². The third kappa shape index (κ3) is 3.06. The third-order valence-corrected chi connectivity index (χ3v) is 2.48. The minimum atomic E-state index is 0.0853. The van der Waals surface area contributed by atoms with Crippen molar-refractivity contribution in [3.05, 3.63) is 0 Å². The van der Waals surface area contributed by atoms with Crippen molar-refractivity contribution in [1.29, 1.82) is 0 Å². The van der Waals surface area contributed by atoms with Gasteiger partial charge in [-0.3, -0.25) is 9.80 Å². The van der Waals surface area contributed by atoms with Gasteiger partial charge in [-0.25, -0.2) is 0 Å². The molecule has 0 aliphatic rings. The van der Waals surface area contributed by atoms with Gasteiger partial charge >= 0.3 is 0 Å². The molecule has 0 aromatic heterocycles. The minimum absolute atomic E-state index is 0.0853. The number of rotatable bonds is 5. The summed E-state index contributed by atoms with van der Waals surface area (Å²) in [7, 11) is 5.84. The predicted octanol–water partition coefficient (Wildman–Crippen LogP) is -0.289. The average molecular weight is 175 g/mol. The van der Waals surface area contributed by atoms with Crippen molar-refractivity contribution in [3.8, 4) is 0 Å². The van der Waals surface area contributed by atoms with Crippen LogP contribution in [0, 0.1) is 0 Å². The molecule has 0 fully saturated rings. The lowest BCUT2D eigenvalue weighted by Gasteiger charge is -2.35. The smallest absolute Gasteiger partial charge is 0.0966 e. The first-order valence-electron chi connectivity index (χ1n) is 4.24. The topological polar surface area (TPSA) is 38.7 Å². The van der Waals surface area contributed by atoms with Crippen LogP contribution < -0.4 is 5.32 Å². The lowest BCUT2D eigenvalue weighted by molar-refractivity contribution is 0.00533. The Kier molecular flexibility index (Phi) is 5.41. The summed E-state index contributed by atoms with van der Waals surface area (Å²) in [6.45, 7) is 4.23. The monoisotopic (exact) mass is 175 g/mol. The van der Waals surface area contributed by atoms with Gasteiger partial charge in [0.15, 0.2) is 0 Å². The Hall–Kier alpha value is -0.160. The zero-order valence-electron chi connectivity index (χ0n) is 8.70. The number of hydrogen-bond donors (Lipinski definition) is 2. The molecule has 0 rings (SSSR count). The Balaban J connectivity index is 3.99. The number of nitrogens with zero attached hydrogens (tertiary/aromatic N) is 2. The van der Waals surface area contributed by atoms with E-state index in [1.165, 1.54) is 0 Å². The van der Waals surface area contributed by atoms with Crippen molar-refractivity contribution in [2.75, 3.05) is 27.9 Å². The maximum absolute atomic E-state index is 8.89. The lowest BCUT2D eigenvalue weighted by Crippen LogP contribution is -2.50. The SMILES string of the molecule is CNC(C)N(C)C(C)N(C)CO. The van der Waals surface area contributed by atoms with Crippen LogP contribution in [0.3, 0.4) is 0 Å². The van der Waals surface area contributed by atoms with Crippen LogP contribution in [0.5, 0.6) is 0 Å². The molecule has 0 spiro atoms. The summed E-state index contributed by atoms with van der Waals surface area (Å²) < 4.78 is 0. The van der Waals surface area contributed by atoms with Crippen molar-refractivity contribution < 1.29 is 5.11 Å². The van der Waals surface area contributed by atoms with E-state index in [2.05, 4.69) is 24.1 Å². The highest BCUT2D eigenvalue weighted by molar-refractivity contribution is 4.65. The summed E-state index contributed by atoms with van der Waals surface area (Å²) in [4.78, 5) is 4.02. The number of hydrogen-bond acceptors (Lipinski definition) is 4. The Morgan fingerprint density at radius 2 is 1.83 bits per heavy atom. The largest absolute Gasteiger partial charge is 0.381 e. The molecule has 0 bridgehead atoms. The average Bonchev–Trinajstić information content (AvgIpc) is 2.12. The summed E-state index contributed by atoms with van der Waals surface area (Å²) in [5.41, 5.74) is 0. The standard InChI is InChI=1S/C8H21N3O/c1-7(9-3)11(5)8(2)10(4)6-12/h7-9,12H,6H2,1-5H3. The van der Waals surface area contributed by atoms with Crippen LogP contribution in [0.4, 0.5) is 0 Å². The molecule has 2 unspecified atom stereocenters. The van der Waals surface area contributed by atoms with Gasteiger partial charge in [-0.05, 0) is 35.0 Å². The van der Waals surface area contributed by atoms with E-state index in [1.54, 1.807) is 0 Å². The lowest BCUT2D eigenvalue weighted by atomic mass is 10.4. The normalized spacial score (nSPS) is 17.0. The summed E-state index contributed by atoms with van der Waals surface area (Å²) in [6, 6.07) is 0. The molecule has 4 nitrogen and oxygen atoms in total. The quantitative estimate of drug-likeness (QED) is 0.563. The van der Waals surface area contributed by atoms with Gasteiger partial charge < -0.3 is 10.4 Å². The van der Waals surface area contributed by atoms with Crippen LogP contribution in [0.25, 0.3) is 0 Å². The maximum atomic E-state index is 8.89. The van der Waals surface area contributed by atoms with E-state index in [0.717, 1.165) is 0 Å². The van der Waals surface area contributed by atoms with Crippen LogP contribution in [0.1, 0.15) is 13.8 Å². The minimum Gasteiger partial charge on any atom is -0.381 e. The molecule has 0 aliphatic heterocycles. The van der Waals surface area contributed by atoms with Gasteiger partial charge in [-0.2, -0.15) is 0 Å². The molecule has 74 valence electrons. The molecule has 0 heterocycles. The van der Waals surface area contributed by atoms with E-state index in [0.29, 0.717) is 6.17 Å². The molecule has 2 N–H and O–H groups in total. The fourth-order valence-corrected chi connectivity index (χ4v) is 0.956. The highest BCUT2D eigenvalue weighted by atomic mass is 16.3. The Labute approximate surface area is 75.2 Å². The molecule has 0 aromatic rings. The van der Waals surface area contributed by atoms with Gasteiger partial charge in [-0.15, -0.1) is 0 Å². The van der Waals surface area contributed by atoms with Crippen molar-refractivity contribution in [3.63, 3.8) is 0 Å². The number of nitrogens with one attached hydrogen (secondary N) is 1. The van der Waals surface area contributed by atoms with Crippen LogP contribution in [-0.2, 0) is 0 Å². The molecule has 0 radical (unpaired) electrons. The highest BCUT2D eigenvalue weighted by Gasteiger charge is 2.16. The van der Waals surface area contributed by atoms with E-state index in [1.807, 2.05) is 26.0 Å². The predicted molar refractivity (Wildman–Crippen MR) is 50.6 cm³/mol. The molecule has 0 saturated heterocycles. The first kappa shape index (κ1) is 11.8. The first-order chi connectivity index (χ1) is 5.54. The van der Waals surface area contributed by atoms with E-state index in [4.69, 9.17) is 5.11 Å². The molecule has 0 aliphatic carbocycles. The second-order valence-electron chi connectivity index (χ2n) is 3.16. The molecule has 2 atom stereocenters. The number of aliphatic hydroxyl groups excluding tert-OH is 1. The third-order valence-electron chi connectivity index (χ3n) is 2.48. The van der Waals surface area contributed by atoms with Gasteiger partial charge in [0.25, 0.3) is 0 Å². The van der Waals surface area contributed by atoms with Crippen LogP contribution in [0.15, 0.2) is 0 Å². The summed E-state index contributed by atoms with van der Waals surface area (Å²) in [5, 5.41) is 12.0. The van der Waals surface area contributed by atoms with Gasteiger partial charge in [0.1, 0.15) is 0 Å².